The van der Waals surface area contributed by atoms with Crippen LogP contribution in [-0.2, 0) is 10.2 Å². The second-order valence-electron chi connectivity index (χ2n) is 7.59. The van der Waals surface area contributed by atoms with Gasteiger partial charge in [0.1, 0.15) is 30.1 Å². The Morgan fingerprint density at radius 2 is 1.97 bits per heavy atom. The average molecular weight is 449 g/mol. The summed E-state index contributed by atoms with van der Waals surface area (Å²) in [4.78, 5) is 1.85. The van der Waals surface area contributed by atoms with Gasteiger partial charge in [0.2, 0.25) is 0 Å². The summed E-state index contributed by atoms with van der Waals surface area (Å²) in [5.74, 6) is -0.0322. The molecule has 2 aromatic rings. The Morgan fingerprint density at radius 3 is 2.71 bits per heavy atom. The molecule has 10 nitrogen and oxygen atoms in total. The van der Waals surface area contributed by atoms with E-state index < -0.39 is 16.4 Å². The molecule has 0 amide bonds. The Balaban J connectivity index is 1.54. The molecule has 2 aliphatic rings. The number of fused-ring (bicyclic) bond motifs is 1. The maximum Gasteiger partial charge on any atom is 0.344 e. The number of phenols is 2. The smallest absolute Gasteiger partial charge is 0.344 e. The summed E-state index contributed by atoms with van der Waals surface area (Å²) in [6.45, 7) is 0.834. The van der Waals surface area contributed by atoms with Gasteiger partial charge >= 0.3 is 10.2 Å². The van der Waals surface area contributed by atoms with E-state index in [1.807, 2.05) is 4.90 Å². The van der Waals surface area contributed by atoms with E-state index in [0.29, 0.717) is 29.1 Å². The minimum Gasteiger partial charge on any atom is -0.508 e. The number of rotatable bonds is 5. The van der Waals surface area contributed by atoms with Crippen molar-refractivity contribution in [3.05, 3.63) is 47.5 Å². The van der Waals surface area contributed by atoms with Crippen LogP contribution >= 0.6 is 0 Å². The van der Waals surface area contributed by atoms with Gasteiger partial charge in [0.15, 0.2) is 5.84 Å². The quantitative estimate of drug-likeness (QED) is 0.459. The molecule has 0 bridgehead atoms. The maximum atomic E-state index is 11.8. The number of hydrogen-bond donors (Lipinski definition) is 5. The Morgan fingerprint density at radius 1 is 1.23 bits per heavy atom. The molecule has 1 unspecified atom stereocenters. The number of likely N-dealkylation sites (tertiary alicyclic amines) is 1. The van der Waals surface area contributed by atoms with Crippen molar-refractivity contribution in [1.29, 1.82) is 0 Å². The number of amidine groups is 1. The summed E-state index contributed by atoms with van der Waals surface area (Å²) in [6.07, 6.45) is 1.59. The van der Waals surface area contributed by atoms with Crippen molar-refractivity contribution in [2.45, 2.75) is 31.5 Å². The topological polar surface area (TPSA) is 158 Å². The highest BCUT2D eigenvalue weighted by Gasteiger charge is 2.31. The monoisotopic (exact) mass is 448 g/mol. The largest absolute Gasteiger partial charge is 0.508 e. The molecule has 0 aliphatic carbocycles. The third-order valence-electron chi connectivity index (χ3n) is 5.38. The summed E-state index contributed by atoms with van der Waals surface area (Å²) >= 11 is 0. The van der Waals surface area contributed by atoms with Crippen molar-refractivity contribution in [2.75, 3.05) is 17.9 Å². The van der Waals surface area contributed by atoms with Crippen molar-refractivity contribution >= 4 is 21.7 Å². The van der Waals surface area contributed by atoms with Crippen LogP contribution < -0.4 is 15.2 Å². The van der Waals surface area contributed by atoms with Crippen LogP contribution in [0.5, 0.6) is 17.2 Å². The molecule has 0 spiro atoms. The first kappa shape index (κ1) is 21.2. The molecule has 0 aromatic heterocycles. The zero-order chi connectivity index (χ0) is 22.2. The molecule has 2 aromatic carbocycles. The van der Waals surface area contributed by atoms with E-state index in [-0.39, 0.29) is 30.0 Å². The van der Waals surface area contributed by atoms with E-state index in [9.17, 15) is 23.7 Å². The highest BCUT2D eigenvalue weighted by Crippen LogP contribution is 2.33. The molecule has 2 aliphatic heterocycles. The molecule has 11 heteroatoms. The summed E-state index contributed by atoms with van der Waals surface area (Å²) in [5.41, 5.74) is 6.91. The first-order chi connectivity index (χ1) is 14.7. The molecule has 1 fully saturated rings. The molecule has 4 rings (SSSR count). The van der Waals surface area contributed by atoms with E-state index in [0.717, 1.165) is 19.3 Å². The van der Waals surface area contributed by atoms with Gasteiger partial charge in [0, 0.05) is 24.2 Å². The van der Waals surface area contributed by atoms with E-state index in [2.05, 4.69) is 9.12 Å². The van der Waals surface area contributed by atoms with Gasteiger partial charge in [-0.05, 0) is 37.1 Å². The number of anilines is 1. The number of aliphatic hydroxyl groups excluding tert-OH is 1. The van der Waals surface area contributed by atoms with Crippen molar-refractivity contribution < 1.29 is 28.5 Å². The van der Waals surface area contributed by atoms with Crippen LogP contribution in [0.15, 0.2) is 40.8 Å². The Labute approximate surface area is 179 Å². The van der Waals surface area contributed by atoms with Crippen molar-refractivity contribution in [2.24, 2.45) is 10.1 Å². The lowest BCUT2D eigenvalue weighted by Crippen LogP contribution is -2.45. The zero-order valence-corrected chi connectivity index (χ0v) is 17.4. The summed E-state index contributed by atoms with van der Waals surface area (Å²) < 4.78 is 35.3. The lowest BCUT2D eigenvalue weighted by Gasteiger charge is -2.39. The normalized spacial score (nSPS) is 21.5. The number of phenolic OH excluding ortho intramolecular Hbond substituents is 2. The predicted molar refractivity (Wildman–Crippen MR) is 114 cm³/mol. The first-order valence-corrected chi connectivity index (χ1v) is 11.3. The number of ether oxygens (including phenoxy) is 1. The third kappa shape index (κ3) is 4.53. The molecule has 6 N–H and O–H groups in total. The van der Waals surface area contributed by atoms with E-state index in [4.69, 9.17) is 10.5 Å². The van der Waals surface area contributed by atoms with Gasteiger partial charge in [-0.25, -0.2) is 0 Å². The molecule has 2 atom stereocenters. The highest BCUT2D eigenvalue weighted by molar-refractivity contribution is 7.91. The van der Waals surface area contributed by atoms with Crippen molar-refractivity contribution in [3.8, 4) is 17.2 Å². The van der Waals surface area contributed by atoms with E-state index in [1.54, 1.807) is 18.2 Å². The SMILES string of the molecule is NC1=NS(=O)(=O)Nc2cccc(OC[C@H]3CCCCN3C(O)c3cc(O)cc(O)c3)c21. The lowest BCUT2D eigenvalue weighted by molar-refractivity contribution is -0.0543. The number of nitrogens with one attached hydrogen (secondary N) is 1. The van der Waals surface area contributed by atoms with Crippen molar-refractivity contribution in [1.82, 2.24) is 4.90 Å². The molecule has 1 saturated heterocycles. The number of hydrogen-bond acceptors (Lipinski definition) is 8. The van der Waals surface area contributed by atoms with Crippen LogP contribution in [0.2, 0.25) is 0 Å². The molecule has 0 radical (unpaired) electrons. The van der Waals surface area contributed by atoms with Crippen LogP contribution in [0.3, 0.4) is 0 Å². The Bertz CT molecular complexity index is 1100. The van der Waals surface area contributed by atoms with Crippen LogP contribution in [0.1, 0.15) is 36.6 Å². The minimum absolute atomic E-state index is 0.132. The Hall–Kier alpha value is -3.02. The van der Waals surface area contributed by atoms with Gasteiger partial charge in [0.25, 0.3) is 0 Å². The van der Waals surface area contributed by atoms with Gasteiger partial charge in [-0.3, -0.25) is 9.62 Å². The molecule has 31 heavy (non-hydrogen) atoms. The van der Waals surface area contributed by atoms with Crippen LogP contribution in [0, 0.1) is 0 Å². The molecular formula is C20H24N4O6S. The number of benzene rings is 2. The molecule has 0 saturated carbocycles. The number of aromatic hydroxyl groups is 2. The van der Waals surface area contributed by atoms with Crippen molar-refractivity contribution in [3.63, 3.8) is 0 Å². The number of aliphatic hydroxyl groups is 1. The number of nitrogens with zero attached hydrogens (tertiary/aromatic N) is 2. The average Bonchev–Trinajstić information content (AvgIpc) is 2.70. The number of piperidine rings is 1. The second kappa shape index (κ2) is 8.25. The fourth-order valence-corrected chi connectivity index (χ4v) is 4.85. The van der Waals surface area contributed by atoms with E-state index in [1.165, 1.54) is 18.2 Å². The molecule has 166 valence electrons. The predicted octanol–water partition coefficient (Wildman–Crippen LogP) is 1.40. The minimum atomic E-state index is -3.88. The zero-order valence-electron chi connectivity index (χ0n) is 16.6. The fraction of sp³-hybridized carbons (Fsp3) is 0.350. The van der Waals surface area contributed by atoms with Gasteiger partial charge in [-0.2, -0.15) is 8.42 Å². The van der Waals surface area contributed by atoms with Gasteiger partial charge in [-0.1, -0.05) is 12.5 Å². The standard InChI is InChI=1S/C20H24N4O6S/c21-19-18-16(22-31(28,29)23-19)5-3-6-17(18)30-11-13-4-1-2-7-24(13)20(27)12-8-14(25)10-15(26)9-12/h3,5-6,8-10,13,20,22,25-27H,1-2,4,7,11H2,(H2,21,23)/t13-,20?/m1/s1. The first-order valence-electron chi connectivity index (χ1n) is 9.84. The number of nitrogens with two attached hydrogens (primary N) is 1. The summed E-state index contributed by atoms with van der Waals surface area (Å²) in [7, 11) is -3.88. The maximum absolute atomic E-state index is 11.8. The molecular weight excluding hydrogens is 424 g/mol. The van der Waals surface area contributed by atoms with Gasteiger partial charge in [-0.15, -0.1) is 4.40 Å². The summed E-state index contributed by atoms with van der Waals surface area (Å²) in [6, 6.07) is 8.78. The van der Waals surface area contributed by atoms with Gasteiger partial charge < -0.3 is 25.8 Å². The lowest BCUT2D eigenvalue weighted by atomic mass is 10.0. The van der Waals surface area contributed by atoms with Crippen LogP contribution in [-0.4, -0.2) is 53.7 Å². The molecule has 2 heterocycles. The second-order valence-corrected chi connectivity index (χ2v) is 8.92. The van der Waals surface area contributed by atoms with E-state index >= 15 is 0 Å². The third-order valence-corrected chi connectivity index (χ3v) is 6.30. The fourth-order valence-electron chi connectivity index (χ4n) is 4.01. The summed E-state index contributed by atoms with van der Waals surface area (Å²) in [5, 5.41) is 30.4. The van der Waals surface area contributed by atoms with Crippen LogP contribution in [0.25, 0.3) is 0 Å². The highest BCUT2D eigenvalue weighted by atomic mass is 32.2. The van der Waals surface area contributed by atoms with Gasteiger partial charge in [0.05, 0.1) is 11.3 Å². The Kier molecular flexibility index (Phi) is 5.65. The van der Waals surface area contributed by atoms with Crippen LogP contribution in [0.4, 0.5) is 5.69 Å².